The number of imide groups is 1. The molecule has 0 radical (unpaired) electrons. The second kappa shape index (κ2) is 7.00. The first-order valence-corrected chi connectivity index (χ1v) is 9.60. The maximum atomic E-state index is 12.9. The molecule has 7 nitrogen and oxygen atoms in total. The summed E-state index contributed by atoms with van der Waals surface area (Å²) < 4.78 is 0. The number of carbonyl (C=O) groups excluding carboxylic acids is 3. The highest BCUT2D eigenvalue weighted by molar-refractivity contribution is 6.07. The van der Waals surface area contributed by atoms with Crippen LogP contribution < -0.4 is 10.6 Å². The molecule has 0 aromatic heterocycles. The second-order valence-electron chi connectivity index (χ2n) is 7.69. The third-order valence-electron chi connectivity index (χ3n) is 5.79. The molecule has 0 aliphatic carbocycles. The molecule has 1 fully saturated rings. The number of nitrogens with one attached hydrogen (secondary N) is 2. The third-order valence-corrected chi connectivity index (χ3v) is 5.79. The Morgan fingerprint density at radius 1 is 1.14 bits per heavy atom. The number of hydrogen-bond acceptors (Lipinski definition) is 5. The summed E-state index contributed by atoms with van der Waals surface area (Å²) >= 11 is 0. The molecule has 2 aliphatic heterocycles. The summed E-state index contributed by atoms with van der Waals surface area (Å²) in [7, 11) is 0. The number of aryl methyl sites for hydroxylation is 2. The highest BCUT2D eigenvalue weighted by Crippen LogP contribution is 2.36. The molecule has 1 atom stereocenters. The lowest BCUT2D eigenvalue weighted by atomic mass is 10.00. The summed E-state index contributed by atoms with van der Waals surface area (Å²) in [5.41, 5.74) is 3.52. The first-order chi connectivity index (χ1) is 13.8. The molecule has 1 saturated heterocycles. The number of amides is 3. The van der Waals surface area contributed by atoms with E-state index in [1.807, 2.05) is 6.07 Å². The molecular weight excluding hydrogens is 370 g/mol. The summed E-state index contributed by atoms with van der Waals surface area (Å²) in [5, 5.41) is 16.4. The molecule has 7 heteroatoms. The lowest BCUT2D eigenvalue weighted by molar-refractivity contribution is -0.167. The molecule has 4 rings (SSSR count). The molecule has 0 unspecified atom stereocenters. The minimum Gasteiger partial charge on any atom is -0.381 e. The van der Waals surface area contributed by atoms with Gasteiger partial charge in [-0.3, -0.25) is 24.6 Å². The van der Waals surface area contributed by atoms with Gasteiger partial charge >= 0.3 is 0 Å². The predicted octanol–water partition coefficient (Wildman–Crippen LogP) is 2.00. The van der Waals surface area contributed by atoms with E-state index in [-0.39, 0.29) is 19.4 Å². The van der Waals surface area contributed by atoms with Crippen LogP contribution in [0.1, 0.15) is 45.5 Å². The fraction of sp³-hybridized carbons (Fsp3) is 0.318. The first kappa shape index (κ1) is 19.1. The standard InChI is InChI=1S/C22H23N3O4/c1-13-6-7-15(10-14(13)2)11-23-18-5-3-4-16-17(18)12-25(20(16)27)22(29)9-8-19(26)24-21(22)28/h3-7,10,23,29H,8-9,11-12H2,1-2H3,(H,24,26,28)/t22-/m0/s1. The minimum absolute atomic E-state index is 0.0136. The van der Waals surface area contributed by atoms with Crippen molar-refractivity contribution in [3.63, 3.8) is 0 Å². The SMILES string of the molecule is Cc1ccc(CNc2cccc3c2CN([C@]2(O)CCC(=O)NC2=O)C3=O)cc1C. The summed E-state index contributed by atoms with van der Waals surface area (Å²) in [5.74, 6) is -1.71. The van der Waals surface area contributed by atoms with Crippen molar-refractivity contribution in [2.45, 2.75) is 45.5 Å². The van der Waals surface area contributed by atoms with E-state index in [1.165, 1.54) is 11.1 Å². The Bertz CT molecular complexity index is 1030. The Labute approximate surface area is 168 Å². The van der Waals surface area contributed by atoms with Crippen molar-refractivity contribution in [1.29, 1.82) is 0 Å². The van der Waals surface area contributed by atoms with E-state index in [1.54, 1.807) is 12.1 Å². The number of aliphatic hydroxyl groups is 1. The first-order valence-electron chi connectivity index (χ1n) is 9.60. The average molecular weight is 393 g/mol. The smallest absolute Gasteiger partial charge is 0.279 e. The largest absolute Gasteiger partial charge is 0.381 e. The Hall–Kier alpha value is -3.19. The van der Waals surface area contributed by atoms with Crippen molar-refractivity contribution in [3.05, 3.63) is 64.2 Å². The lowest BCUT2D eigenvalue weighted by Gasteiger charge is -2.37. The van der Waals surface area contributed by atoms with E-state index in [2.05, 4.69) is 42.7 Å². The summed E-state index contributed by atoms with van der Waals surface area (Å²) in [6, 6.07) is 11.6. The van der Waals surface area contributed by atoms with E-state index in [0.717, 1.165) is 21.7 Å². The van der Waals surface area contributed by atoms with Crippen LogP contribution in [0.25, 0.3) is 0 Å². The van der Waals surface area contributed by atoms with Gasteiger partial charge in [-0.05, 0) is 42.7 Å². The molecule has 2 heterocycles. The number of carbonyl (C=O) groups is 3. The zero-order valence-corrected chi connectivity index (χ0v) is 16.4. The van der Waals surface area contributed by atoms with Crippen molar-refractivity contribution in [1.82, 2.24) is 10.2 Å². The number of nitrogens with zero attached hydrogens (tertiary/aromatic N) is 1. The quantitative estimate of drug-likeness (QED) is 0.690. The number of benzene rings is 2. The molecular formula is C22H23N3O4. The topological polar surface area (TPSA) is 98.7 Å². The molecule has 2 aromatic rings. The van der Waals surface area contributed by atoms with Gasteiger partial charge in [0.15, 0.2) is 0 Å². The molecule has 0 spiro atoms. The van der Waals surface area contributed by atoms with Crippen LogP contribution in [0.15, 0.2) is 36.4 Å². The van der Waals surface area contributed by atoms with Gasteiger partial charge in [0.25, 0.3) is 11.8 Å². The van der Waals surface area contributed by atoms with Crippen LogP contribution in [0.3, 0.4) is 0 Å². The van der Waals surface area contributed by atoms with Gasteiger partial charge < -0.3 is 10.4 Å². The van der Waals surface area contributed by atoms with Crippen LogP contribution >= 0.6 is 0 Å². The number of fused-ring (bicyclic) bond motifs is 1. The maximum Gasteiger partial charge on any atom is 0.279 e. The predicted molar refractivity (Wildman–Crippen MR) is 107 cm³/mol. The van der Waals surface area contributed by atoms with Gasteiger partial charge in [-0.1, -0.05) is 24.3 Å². The van der Waals surface area contributed by atoms with Crippen molar-refractivity contribution in [2.24, 2.45) is 0 Å². The summed E-state index contributed by atoms with van der Waals surface area (Å²) in [6.07, 6.45) is -0.122. The Morgan fingerprint density at radius 2 is 1.93 bits per heavy atom. The number of hydrogen-bond donors (Lipinski definition) is 3. The van der Waals surface area contributed by atoms with Crippen LogP contribution in [-0.4, -0.2) is 33.5 Å². The number of anilines is 1. The van der Waals surface area contributed by atoms with Gasteiger partial charge in [0.2, 0.25) is 11.6 Å². The molecule has 150 valence electrons. The molecule has 3 N–H and O–H groups in total. The van der Waals surface area contributed by atoms with Crippen LogP contribution in [0.5, 0.6) is 0 Å². The highest BCUT2D eigenvalue weighted by atomic mass is 16.3. The van der Waals surface area contributed by atoms with E-state index >= 15 is 0 Å². The molecule has 29 heavy (non-hydrogen) atoms. The van der Waals surface area contributed by atoms with Crippen LogP contribution in [-0.2, 0) is 22.7 Å². The molecule has 0 bridgehead atoms. The van der Waals surface area contributed by atoms with E-state index < -0.39 is 23.4 Å². The van der Waals surface area contributed by atoms with Crippen molar-refractivity contribution in [3.8, 4) is 0 Å². The fourth-order valence-corrected chi connectivity index (χ4v) is 3.86. The van der Waals surface area contributed by atoms with Crippen LogP contribution in [0, 0.1) is 13.8 Å². The van der Waals surface area contributed by atoms with Crippen molar-refractivity contribution >= 4 is 23.4 Å². The average Bonchev–Trinajstić information content (AvgIpc) is 3.04. The van der Waals surface area contributed by atoms with Gasteiger partial charge in [-0.2, -0.15) is 0 Å². The Morgan fingerprint density at radius 3 is 2.66 bits per heavy atom. The third kappa shape index (κ3) is 3.27. The summed E-state index contributed by atoms with van der Waals surface area (Å²) in [6.45, 7) is 4.82. The Balaban J connectivity index is 1.57. The Kier molecular flexibility index (Phi) is 4.62. The van der Waals surface area contributed by atoms with Gasteiger partial charge in [-0.15, -0.1) is 0 Å². The van der Waals surface area contributed by atoms with E-state index in [4.69, 9.17) is 0 Å². The van der Waals surface area contributed by atoms with Gasteiger partial charge in [0.1, 0.15) is 0 Å². The molecule has 0 saturated carbocycles. The maximum absolute atomic E-state index is 12.9. The monoisotopic (exact) mass is 393 g/mol. The van der Waals surface area contributed by atoms with E-state index in [0.29, 0.717) is 12.1 Å². The van der Waals surface area contributed by atoms with E-state index in [9.17, 15) is 19.5 Å². The zero-order valence-electron chi connectivity index (χ0n) is 16.4. The van der Waals surface area contributed by atoms with Gasteiger partial charge in [0.05, 0.1) is 6.54 Å². The summed E-state index contributed by atoms with van der Waals surface area (Å²) in [4.78, 5) is 37.8. The lowest BCUT2D eigenvalue weighted by Crippen LogP contribution is -2.63. The highest BCUT2D eigenvalue weighted by Gasteiger charge is 2.51. The van der Waals surface area contributed by atoms with Crippen LogP contribution in [0.4, 0.5) is 5.69 Å². The van der Waals surface area contributed by atoms with Gasteiger partial charge in [0, 0.05) is 36.2 Å². The van der Waals surface area contributed by atoms with Gasteiger partial charge in [-0.25, -0.2) is 0 Å². The number of piperidine rings is 1. The minimum atomic E-state index is -2.02. The fourth-order valence-electron chi connectivity index (χ4n) is 3.86. The van der Waals surface area contributed by atoms with Crippen LogP contribution in [0.2, 0.25) is 0 Å². The zero-order chi connectivity index (χ0) is 20.8. The normalized spacial score (nSPS) is 21.2. The molecule has 2 aromatic carbocycles. The number of rotatable bonds is 4. The van der Waals surface area contributed by atoms with Crippen molar-refractivity contribution in [2.75, 3.05) is 5.32 Å². The van der Waals surface area contributed by atoms with Crippen molar-refractivity contribution < 1.29 is 19.5 Å². The molecule has 2 aliphatic rings. The molecule has 3 amide bonds. The second-order valence-corrected chi connectivity index (χ2v) is 7.69.